The predicted octanol–water partition coefficient (Wildman–Crippen LogP) is 2.37. The molecule has 0 aliphatic heterocycles. The number of amides is 1. The molecule has 1 heterocycles. The topological polar surface area (TPSA) is 72.4 Å². The van der Waals surface area contributed by atoms with E-state index in [9.17, 15) is 4.79 Å². The molecule has 0 spiro atoms. The summed E-state index contributed by atoms with van der Waals surface area (Å²) in [6.07, 6.45) is 2.07. The lowest BCUT2D eigenvalue weighted by Gasteiger charge is -2.21. The summed E-state index contributed by atoms with van der Waals surface area (Å²) >= 11 is 0. The first-order valence-corrected chi connectivity index (χ1v) is 6.73. The molecule has 5 nitrogen and oxygen atoms in total. The van der Waals surface area contributed by atoms with Crippen LogP contribution in [0.3, 0.4) is 0 Å². The monoisotopic (exact) mass is 271 g/mol. The minimum atomic E-state index is -0.114. The normalized spacial score (nSPS) is 14.2. The van der Waals surface area contributed by atoms with E-state index in [1.54, 1.807) is 13.0 Å². The summed E-state index contributed by atoms with van der Waals surface area (Å²) in [7, 11) is 0. The van der Waals surface area contributed by atoms with Crippen LogP contribution in [-0.2, 0) is 6.54 Å². The Morgan fingerprint density at radius 2 is 2.20 bits per heavy atom. The van der Waals surface area contributed by atoms with Gasteiger partial charge in [-0.3, -0.25) is 4.79 Å². The Balaban J connectivity index is 1.83. The number of rotatable bonds is 4. The van der Waals surface area contributed by atoms with Gasteiger partial charge in [0.05, 0.1) is 5.69 Å². The smallest absolute Gasteiger partial charge is 0.293 e. The lowest BCUT2D eigenvalue weighted by atomic mass is 10.1. The Morgan fingerprint density at radius 3 is 2.80 bits per heavy atom. The van der Waals surface area contributed by atoms with E-state index < -0.39 is 0 Å². The van der Waals surface area contributed by atoms with Crippen molar-refractivity contribution in [3.63, 3.8) is 0 Å². The van der Waals surface area contributed by atoms with Gasteiger partial charge in [0.2, 0.25) is 5.76 Å². The third-order valence-electron chi connectivity index (χ3n) is 3.48. The molecule has 0 saturated heterocycles. The highest BCUT2D eigenvalue weighted by Crippen LogP contribution is 2.30. The van der Waals surface area contributed by atoms with Gasteiger partial charge in [0.15, 0.2) is 0 Å². The molecule has 20 heavy (non-hydrogen) atoms. The van der Waals surface area contributed by atoms with Crippen molar-refractivity contribution in [2.75, 3.05) is 5.73 Å². The van der Waals surface area contributed by atoms with Gasteiger partial charge in [-0.15, -0.1) is 0 Å². The molecule has 0 atom stereocenters. The molecule has 3 rings (SSSR count). The minimum Gasteiger partial charge on any atom is -0.398 e. The zero-order chi connectivity index (χ0) is 14.1. The van der Waals surface area contributed by atoms with Crippen LogP contribution in [0.2, 0.25) is 0 Å². The number of nitrogen functional groups attached to an aromatic ring is 1. The van der Waals surface area contributed by atoms with Crippen molar-refractivity contribution in [3.05, 3.63) is 47.3 Å². The number of aromatic nitrogens is 1. The van der Waals surface area contributed by atoms with E-state index in [1.165, 1.54) is 0 Å². The molecule has 1 fully saturated rings. The van der Waals surface area contributed by atoms with Gasteiger partial charge in [-0.1, -0.05) is 23.4 Å². The highest BCUT2D eigenvalue weighted by molar-refractivity contribution is 5.92. The Morgan fingerprint density at radius 1 is 1.45 bits per heavy atom. The second-order valence-corrected chi connectivity index (χ2v) is 5.20. The van der Waals surface area contributed by atoms with E-state index >= 15 is 0 Å². The van der Waals surface area contributed by atoms with Gasteiger partial charge >= 0.3 is 0 Å². The summed E-state index contributed by atoms with van der Waals surface area (Å²) in [6, 6.07) is 9.58. The molecule has 0 bridgehead atoms. The summed E-state index contributed by atoms with van der Waals surface area (Å²) in [6.45, 7) is 2.31. The molecule has 1 amide bonds. The third kappa shape index (κ3) is 2.52. The maximum atomic E-state index is 12.5. The minimum absolute atomic E-state index is 0.114. The van der Waals surface area contributed by atoms with Crippen LogP contribution in [-0.4, -0.2) is 22.0 Å². The molecular formula is C15H17N3O2. The van der Waals surface area contributed by atoms with Crippen molar-refractivity contribution in [2.24, 2.45) is 0 Å². The Kier molecular flexibility index (Phi) is 3.18. The molecule has 0 unspecified atom stereocenters. The molecule has 1 saturated carbocycles. The van der Waals surface area contributed by atoms with Gasteiger partial charge < -0.3 is 15.2 Å². The van der Waals surface area contributed by atoms with Gasteiger partial charge in [-0.05, 0) is 31.4 Å². The van der Waals surface area contributed by atoms with E-state index in [0.29, 0.717) is 23.7 Å². The van der Waals surface area contributed by atoms with Gasteiger partial charge in [0.1, 0.15) is 0 Å². The van der Waals surface area contributed by atoms with Gasteiger partial charge in [0.25, 0.3) is 5.91 Å². The molecule has 1 aliphatic rings. The van der Waals surface area contributed by atoms with Crippen molar-refractivity contribution in [2.45, 2.75) is 32.4 Å². The first kappa shape index (κ1) is 12.7. The van der Waals surface area contributed by atoms with Gasteiger partial charge in [-0.25, -0.2) is 0 Å². The second-order valence-electron chi connectivity index (χ2n) is 5.20. The molecular weight excluding hydrogens is 254 g/mol. The van der Waals surface area contributed by atoms with Crippen LogP contribution < -0.4 is 5.73 Å². The lowest BCUT2D eigenvalue weighted by molar-refractivity contribution is 0.0688. The fraction of sp³-hybridized carbons (Fsp3) is 0.333. The van der Waals surface area contributed by atoms with Crippen LogP contribution in [0.25, 0.3) is 0 Å². The SMILES string of the molecule is Cc1cc(C(=O)N(Cc2ccccc2N)C2CC2)on1. The lowest BCUT2D eigenvalue weighted by Crippen LogP contribution is -2.32. The van der Waals surface area contributed by atoms with Crippen molar-refractivity contribution >= 4 is 11.6 Å². The van der Waals surface area contributed by atoms with Crippen LogP contribution in [0.5, 0.6) is 0 Å². The summed E-state index contributed by atoms with van der Waals surface area (Å²) in [5.41, 5.74) is 8.34. The number of hydrogen-bond acceptors (Lipinski definition) is 4. The van der Waals surface area contributed by atoms with Crippen molar-refractivity contribution in [1.82, 2.24) is 10.1 Å². The number of anilines is 1. The van der Waals surface area contributed by atoms with Crippen molar-refractivity contribution in [1.29, 1.82) is 0 Å². The number of nitrogens with two attached hydrogens (primary N) is 1. The quantitative estimate of drug-likeness (QED) is 0.866. The zero-order valence-electron chi connectivity index (χ0n) is 11.4. The maximum Gasteiger partial charge on any atom is 0.293 e. The Bertz CT molecular complexity index is 632. The molecule has 1 aliphatic carbocycles. The fourth-order valence-electron chi connectivity index (χ4n) is 2.22. The molecule has 1 aromatic heterocycles. The molecule has 5 heteroatoms. The molecule has 2 aromatic rings. The van der Waals surface area contributed by atoms with E-state index in [2.05, 4.69) is 5.16 Å². The Labute approximate surface area is 117 Å². The van der Waals surface area contributed by atoms with Crippen LogP contribution in [0.4, 0.5) is 5.69 Å². The van der Waals surface area contributed by atoms with E-state index in [0.717, 1.165) is 18.4 Å². The first-order chi connectivity index (χ1) is 9.65. The maximum absolute atomic E-state index is 12.5. The molecule has 1 aromatic carbocycles. The highest BCUT2D eigenvalue weighted by atomic mass is 16.5. The zero-order valence-corrected chi connectivity index (χ0v) is 11.4. The summed E-state index contributed by atoms with van der Waals surface area (Å²) in [4.78, 5) is 14.3. The van der Waals surface area contributed by atoms with Crippen LogP contribution >= 0.6 is 0 Å². The highest BCUT2D eigenvalue weighted by Gasteiger charge is 2.34. The number of nitrogens with zero attached hydrogens (tertiary/aromatic N) is 2. The number of carbonyl (C=O) groups is 1. The number of hydrogen-bond donors (Lipinski definition) is 1. The van der Waals surface area contributed by atoms with Crippen molar-refractivity contribution in [3.8, 4) is 0 Å². The first-order valence-electron chi connectivity index (χ1n) is 6.73. The van der Waals surface area contributed by atoms with E-state index in [-0.39, 0.29) is 11.9 Å². The number of carbonyl (C=O) groups excluding carboxylic acids is 1. The number of para-hydroxylation sites is 1. The molecule has 0 radical (unpaired) electrons. The fourth-order valence-corrected chi connectivity index (χ4v) is 2.22. The molecule has 104 valence electrons. The van der Waals surface area contributed by atoms with Crippen molar-refractivity contribution < 1.29 is 9.32 Å². The van der Waals surface area contributed by atoms with E-state index in [4.69, 9.17) is 10.3 Å². The summed E-state index contributed by atoms with van der Waals surface area (Å²) in [5.74, 6) is 0.181. The average molecular weight is 271 g/mol. The largest absolute Gasteiger partial charge is 0.398 e. The van der Waals surface area contributed by atoms with E-state index in [1.807, 2.05) is 29.2 Å². The van der Waals surface area contributed by atoms with Gasteiger partial charge in [-0.2, -0.15) is 0 Å². The third-order valence-corrected chi connectivity index (χ3v) is 3.48. The van der Waals surface area contributed by atoms with Crippen LogP contribution in [0.1, 0.15) is 34.7 Å². The van der Waals surface area contributed by atoms with Gasteiger partial charge in [0, 0.05) is 24.3 Å². The standard InChI is InChI=1S/C15H17N3O2/c1-10-8-14(20-17-10)15(19)18(12-6-7-12)9-11-4-2-3-5-13(11)16/h2-5,8,12H,6-7,9,16H2,1H3. The summed E-state index contributed by atoms with van der Waals surface area (Å²) < 4.78 is 5.08. The average Bonchev–Trinajstić information content (AvgIpc) is 3.18. The Hall–Kier alpha value is -2.30. The molecule has 2 N–H and O–H groups in total. The predicted molar refractivity (Wildman–Crippen MR) is 75.0 cm³/mol. The second kappa shape index (κ2) is 5.00. The number of aryl methyl sites for hydroxylation is 1. The summed E-state index contributed by atoms with van der Waals surface area (Å²) in [5, 5.41) is 3.78. The number of benzene rings is 1. The van der Waals surface area contributed by atoms with Crippen LogP contribution in [0, 0.1) is 6.92 Å². The van der Waals surface area contributed by atoms with Crippen LogP contribution in [0.15, 0.2) is 34.9 Å².